The lowest BCUT2D eigenvalue weighted by molar-refractivity contribution is -0.131. The van der Waals surface area contributed by atoms with Crippen LogP contribution in [0.1, 0.15) is 18.5 Å². The number of nitrogens with one attached hydrogen (secondary N) is 1. The maximum atomic E-state index is 12.3. The van der Waals surface area contributed by atoms with Crippen LogP contribution in [0.2, 0.25) is 5.02 Å². The van der Waals surface area contributed by atoms with E-state index >= 15 is 0 Å². The molecule has 0 radical (unpaired) electrons. The quantitative estimate of drug-likeness (QED) is 0.890. The molecule has 1 saturated heterocycles. The highest BCUT2D eigenvalue weighted by atomic mass is 35.5. The van der Waals surface area contributed by atoms with E-state index in [0.29, 0.717) is 24.6 Å². The number of aromatic nitrogens is 2. The Labute approximate surface area is 139 Å². The Morgan fingerprint density at radius 3 is 3.00 bits per heavy atom. The van der Waals surface area contributed by atoms with Gasteiger partial charge in [0.15, 0.2) is 0 Å². The molecule has 1 atom stereocenters. The number of carbonyl (C=O) groups is 1. The van der Waals surface area contributed by atoms with Crippen molar-refractivity contribution in [2.75, 3.05) is 13.2 Å². The summed E-state index contributed by atoms with van der Waals surface area (Å²) < 4.78 is 7.00. The van der Waals surface area contributed by atoms with Gasteiger partial charge in [-0.05, 0) is 31.0 Å². The maximum Gasteiger partial charge on any atom is 0.242 e. The molecule has 0 aliphatic carbocycles. The number of nitrogens with two attached hydrogens (primary N) is 1. The Balaban J connectivity index is 1.63. The van der Waals surface area contributed by atoms with Crippen LogP contribution in [0.15, 0.2) is 36.5 Å². The first kappa shape index (κ1) is 16.0. The summed E-state index contributed by atoms with van der Waals surface area (Å²) in [5, 5.41) is 7.88. The van der Waals surface area contributed by atoms with E-state index in [-0.39, 0.29) is 12.5 Å². The summed E-state index contributed by atoms with van der Waals surface area (Å²) in [5.74, 6) is -0.204. The second-order valence-electron chi connectivity index (χ2n) is 5.70. The van der Waals surface area contributed by atoms with E-state index in [0.717, 1.165) is 17.8 Å². The molecule has 122 valence electrons. The average Bonchev–Trinajstić information content (AvgIpc) is 3.02. The van der Waals surface area contributed by atoms with Crippen LogP contribution in [-0.4, -0.2) is 34.4 Å². The van der Waals surface area contributed by atoms with Crippen LogP contribution in [0.25, 0.3) is 5.69 Å². The third-order valence-electron chi connectivity index (χ3n) is 3.90. The number of hydrogen-bond donors (Lipinski definition) is 2. The van der Waals surface area contributed by atoms with E-state index < -0.39 is 5.54 Å². The van der Waals surface area contributed by atoms with Gasteiger partial charge in [-0.15, -0.1) is 0 Å². The zero-order chi connectivity index (χ0) is 16.3. The molecule has 1 aliphatic heterocycles. The fourth-order valence-electron chi connectivity index (χ4n) is 2.57. The fraction of sp³-hybridized carbons (Fsp3) is 0.375. The largest absolute Gasteiger partial charge is 0.379 e. The minimum Gasteiger partial charge on any atom is -0.379 e. The zero-order valence-corrected chi connectivity index (χ0v) is 13.4. The second-order valence-corrected chi connectivity index (χ2v) is 6.11. The van der Waals surface area contributed by atoms with E-state index in [1.54, 1.807) is 10.7 Å². The smallest absolute Gasteiger partial charge is 0.242 e. The topological polar surface area (TPSA) is 82.2 Å². The molecule has 0 bridgehead atoms. The summed E-state index contributed by atoms with van der Waals surface area (Å²) in [6.07, 6.45) is 3.24. The van der Waals surface area contributed by atoms with Gasteiger partial charge >= 0.3 is 0 Å². The molecular weight excluding hydrogens is 316 g/mol. The highest BCUT2D eigenvalue weighted by molar-refractivity contribution is 6.32. The standard InChI is InChI=1S/C16H19ClN4O2/c17-13-4-1-2-5-14(13)21-8-6-12(20-21)10-19-15(22)16(18)7-3-9-23-11-16/h1-2,4-6,8H,3,7,9-11,18H2,(H,19,22). The maximum absolute atomic E-state index is 12.3. The van der Waals surface area contributed by atoms with Gasteiger partial charge in [-0.25, -0.2) is 4.68 Å². The first-order chi connectivity index (χ1) is 11.1. The highest BCUT2D eigenvalue weighted by Gasteiger charge is 2.36. The molecule has 1 fully saturated rings. The number of carbonyl (C=O) groups excluding carboxylic acids is 1. The Morgan fingerprint density at radius 1 is 1.43 bits per heavy atom. The van der Waals surface area contributed by atoms with Crippen LogP contribution >= 0.6 is 11.6 Å². The van der Waals surface area contributed by atoms with Gasteiger partial charge in [0.1, 0.15) is 5.54 Å². The van der Waals surface area contributed by atoms with Crippen molar-refractivity contribution in [3.8, 4) is 5.69 Å². The predicted molar refractivity (Wildman–Crippen MR) is 87.4 cm³/mol. The van der Waals surface area contributed by atoms with Gasteiger partial charge in [0.05, 0.1) is 29.6 Å². The first-order valence-electron chi connectivity index (χ1n) is 7.53. The average molecular weight is 335 g/mol. The molecule has 0 saturated carbocycles. The Kier molecular flexibility index (Phi) is 4.66. The molecule has 0 spiro atoms. The molecule has 1 aromatic heterocycles. The van der Waals surface area contributed by atoms with Crippen molar-refractivity contribution in [1.82, 2.24) is 15.1 Å². The molecule has 6 nitrogen and oxygen atoms in total. The summed E-state index contributed by atoms with van der Waals surface area (Å²) in [6, 6.07) is 9.28. The number of para-hydroxylation sites is 1. The molecule has 1 amide bonds. The van der Waals surface area contributed by atoms with Crippen LogP contribution in [0.3, 0.4) is 0 Å². The monoisotopic (exact) mass is 334 g/mol. The molecule has 3 N–H and O–H groups in total. The van der Waals surface area contributed by atoms with Crippen molar-refractivity contribution in [3.05, 3.63) is 47.2 Å². The van der Waals surface area contributed by atoms with Crippen LogP contribution in [0.4, 0.5) is 0 Å². The van der Waals surface area contributed by atoms with Crippen molar-refractivity contribution < 1.29 is 9.53 Å². The van der Waals surface area contributed by atoms with Crippen molar-refractivity contribution in [3.63, 3.8) is 0 Å². The number of rotatable bonds is 4. The SMILES string of the molecule is NC1(C(=O)NCc2ccn(-c3ccccc3Cl)n2)CCCOC1. The number of amides is 1. The van der Waals surface area contributed by atoms with Gasteiger partial charge < -0.3 is 15.8 Å². The first-order valence-corrected chi connectivity index (χ1v) is 7.91. The molecular formula is C16H19ClN4O2. The molecule has 1 unspecified atom stereocenters. The molecule has 7 heteroatoms. The van der Waals surface area contributed by atoms with Crippen molar-refractivity contribution in [2.24, 2.45) is 5.73 Å². The van der Waals surface area contributed by atoms with Gasteiger partial charge in [-0.2, -0.15) is 5.10 Å². The number of hydrogen-bond acceptors (Lipinski definition) is 4. The highest BCUT2D eigenvalue weighted by Crippen LogP contribution is 2.19. The van der Waals surface area contributed by atoms with Crippen LogP contribution in [-0.2, 0) is 16.1 Å². The number of ether oxygens (including phenoxy) is 1. The molecule has 23 heavy (non-hydrogen) atoms. The Bertz CT molecular complexity index is 695. The molecule has 1 aliphatic rings. The third-order valence-corrected chi connectivity index (χ3v) is 4.22. The van der Waals surface area contributed by atoms with E-state index in [9.17, 15) is 4.79 Å². The molecule has 1 aromatic carbocycles. The van der Waals surface area contributed by atoms with Gasteiger partial charge in [-0.1, -0.05) is 23.7 Å². The summed E-state index contributed by atoms with van der Waals surface area (Å²) in [4.78, 5) is 12.3. The lowest BCUT2D eigenvalue weighted by atomic mass is 9.93. The van der Waals surface area contributed by atoms with Crippen molar-refractivity contribution in [2.45, 2.75) is 24.9 Å². The molecule has 2 aromatic rings. The summed E-state index contributed by atoms with van der Waals surface area (Å²) >= 11 is 6.15. The van der Waals surface area contributed by atoms with Crippen LogP contribution in [0.5, 0.6) is 0 Å². The summed E-state index contributed by atoms with van der Waals surface area (Å²) in [5.41, 5.74) is 6.69. The molecule has 2 heterocycles. The van der Waals surface area contributed by atoms with Gasteiger partial charge in [0.2, 0.25) is 5.91 Å². The lowest BCUT2D eigenvalue weighted by Gasteiger charge is -2.31. The van der Waals surface area contributed by atoms with Crippen LogP contribution in [0, 0.1) is 0 Å². The zero-order valence-electron chi connectivity index (χ0n) is 12.7. The van der Waals surface area contributed by atoms with E-state index in [1.807, 2.05) is 30.5 Å². The predicted octanol–water partition coefficient (Wildman–Crippen LogP) is 1.65. The van der Waals surface area contributed by atoms with E-state index in [1.165, 1.54) is 0 Å². The normalized spacial score (nSPS) is 21.1. The lowest BCUT2D eigenvalue weighted by Crippen LogP contribution is -2.58. The van der Waals surface area contributed by atoms with Crippen molar-refractivity contribution >= 4 is 17.5 Å². The fourth-order valence-corrected chi connectivity index (χ4v) is 2.79. The van der Waals surface area contributed by atoms with Gasteiger partial charge in [-0.3, -0.25) is 4.79 Å². The van der Waals surface area contributed by atoms with E-state index in [4.69, 9.17) is 22.1 Å². The van der Waals surface area contributed by atoms with Crippen molar-refractivity contribution in [1.29, 1.82) is 0 Å². The Hall–Kier alpha value is -1.89. The second kappa shape index (κ2) is 6.70. The van der Waals surface area contributed by atoms with Gasteiger partial charge in [0.25, 0.3) is 0 Å². The van der Waals surface area contributed by atoms with E-state index in [2.05, 4.69) is 10.4 Å². The minimum absolute atomic E-state index is 0.204. The minimum atomic E-state index is -0.941. The number of halogens is 1. The number of benzene rings is 1. The number of nitrogens with zero attached hydrogens (tertiary/aromatic N) is 2. The van der Waals surface area contributed by atoms with Crippen LogP contribution < -0.4 is 11.1 Å². The van der Waals surface area contributed by atoms with Gasteiger partial charge in [0, 0.05) is 12.8 Å². The summed E-state index contributed by atoms with van der Waals surface area (Å²) in [6.45, 7) is 1.23. The molecule has 3 rings (SSSR count). The third kappa shape index (κ3) is 3.55. The summed E-state index contributed by atoms with van der Waals surface area (Å²) in [7, 11) is 0. The Morgan fingerprint density at radius 2 is 2.26 bits per heavy atom.